The fourth-order valence-electron chi connectivity index (χ4n) is 3.48. The molecule has 2 heterocycles. The van der Waals surface area contributed by atoms with Gasteiger partial charge in [-0.1, -0.05) is 6.07 Å². The Morgan fingerprint density at radius 2 is 1.77 bits per heavy atom. The third-order valence-corrected chi connectivity index (χ3v) is 4.86. The molecule has 0 aliphatic carbocycles. The van der Waals surface area contributed by atoms with Crippen molar-refractivity contribution in [2.45, 2.75) is 45.9 Å². The molecule has 0 bridgehead atoms. The van der Waals surface area contributed by atoms with Gasteiger partial charge >= 0.3 is 6.16 Å². The molecule has 1 aliphatic rings. The molecule has 0 saturated carbocycles. The van der Waals surface area contributed by atoms with Crippen molar-refractivity contribution in [3.8, 4) is 11.5 Å². The van der Waals surface area contributed by atoms with Gasteiger partial charge in [-0.3, -0.25) is 9.80 Å². The molecule has 1 aromatic carbocycles. The zero-order chi connectivity index (χ0) is 21.6. The Balaban J connectivity index is 1.56. The van der Waals surface area contributed by atoms with E-state index < -0.39 is 11.8 Å². The first-order valence-electron chi connectivity index (χ1n) is 10.4. The van der Waals surface area contributed by atoms with Crippen LogP contribution in [0.5, 0.6) is 11.5 Å². The van der Waals surface area contributed by atoms with E-state index in [1.807, 2.05) is 24.3 Å². The number of methoxy groups -OCH3 is 1. The topological polar surface area (TPSA) is 64.4 Å². The predicted octanol–water partition coefficient (Wildman–Crippen LogP) is 4.31. The first-order valence-corrected chi connectivity index (χ1v) is 10.4. The second kappa shape index (κ2) is 10.00. The maximum Gasteiger partial charge on any atom is 0.514 e. The van der Waals surface area contributed by atoms with Gasteiger partial charge in [0.05, 0.1) is 19.9 Å². The standard InChI is InChI=1S/C23H32N2O5/c1-23(2,3)30-22(26)29-20-9-8-18(15-21(20)27-4)16-24-10-6-11-25(13-12-24)17-19-7-5-14-28-19/h5,7-9,14-15H,6,10-13,16-17H2,1-4H3. The van der Waals surface area contributed by atoms with E-state index in [0.717, 1.165) is 57.0 Å². The summed E-state index contributed by atoms with van der Waals surface area (Å²) in [6.07, 6.45) is 2.10. The van der Waals surface area contributed by atoms with Crippen molar-refractivity contribution in [1.82, 2.24) is 9.80 Å². The number of benzene rings is 1. The number of carbonyl (C=O) groups excluding carboxylic acids is 1. The van der Waals surface area contributed by atoms with Crippen LogP contribution in [0.1, 0.15) is 38.5 Å². The van der Waals surface area contributed by atoms with Crippen LogP contribution in [-0.2, 0) is 17.8 Å². The minimum absolute atomic E-state index is 0.357. The van der Waals surface area contributed by atoms with E-state index in [-0.39, 0.29) is 0 Å². The van der Waals surface area contributed by atoms with Crippen LogP contribution < -0.4 is 9.47 Å². The SMILES string of the molecule is COc1cc(CN2CCCN(Cc3ccco3)CC2)ccc1OC(=O)OC(C)(C)C. The molecular formula is C23H32N2O5. The van der Waals surface area contributed by atoms with E-state index in [4.69, 9.17) is 18.6 Å². The minimum Gasteiger partial charge on any atom is -0.493 e. The molecule has 0 N–H and O–H groups in total. The Hall–Kier alpha value is -2.51. The van der Waals surface area contributed by atoms with Gasteiger partial charge in [0.15, 0.2) is 11.5 Å². The van der Waals surface area contributed by atoms with Gasteiger partial charge in [-0.2, -0.15) is 0 Å². The zero-order valence-electron chi connectivity index (χ0n) is 18.3. The lowest BCUT2D eigenvalue weighted by atomic mass is 10.2. The molecule has 0 atom stereocenters. The van der Waals surface area contributed by atoms with Gasteiger partial charge in [-0.15, -0.1) is 0 Å². The highest BCUT2D eigenvalue weighted by molar-refractivity contribution is 5.66. The second-order valence-corrected chi connectivity index (χ2v) is 8.54. The quantitative estimate of drug-likeness (QED) is 0.513. The number of nitrogens with zero attached hydrogens (tertiary/aromatic N) is 2. The lowest BCUT2D eigenvalue weighted by Gasteiger charge is -2.22. The van der Waals surface area contributed by atoms with E-state index in [1.165, 1.54) is 0 Å². The van der Waals surface area contributed by atoms with Crippen LogP contribution in [0.25, 0.3) is 0 Å². The smallest absolute Gasteiger partial charge is 0.493 e. The monoisotopic (exact) mass is 416 g/mol. The molecule has 2 aromatic rings. The van der Waals surface area contributed by atoms with E-state index >= 15 is 0 Å². The van der Waals surface area contributed by atoms with Gasteiger partial charge in [0.25, 0.3) is 0 Å². The molecule has 0 unspecified atom stereocenters. The van der Waals surface area contributed by atoms with Crippen LogP contribution in [0.3, 0.4) is 0 Å². The average Bonchev–Trinajstić information content (AvgIpc) is 3.08. The van der Waals surface area contributed by atoms with Crippen LogP contribution in [0.4, 0.5) is 4.79 Å². The largest absolute Gasteiger partial charge is 0.514 e. The van der Waals surface area contributed by atoms with Crippen LogP contribution in [0.2, 0.25) is 0 Å². The van der Waals surface area contributed by atoms with E-state index in [1.54, 1.807) is 40.2 Å². The van der Waals surface area contributed by atoms with Crippen LogP contribution >= 0.6 is 0 Å². The molecule has 3 rings (SSSR count). The van der Waals surface area contributed by atoms with Crippen molar-refractivity contribution >= 4 is 6.16 Å². The first-order chi connectivity index (χ1) is 14.3. The fraction of sp³-hybridized carbons (Fsp3) is 0.522. The summed E-state index contributed by atoms with van der Waals surface area (Å²) in [7, 11) is 1.57. The number of ether oxygens (including phenoxy) is 3. The summed E-state index contributed by atoms with van der Waals surface area (Å²) in [5.41, 5.74) is 0.504. The van der Waals surface area contributed by atoms with Crippen LogP contribution in [0, 0.1) is 0 Å². The van der Waals surface area contributed by atoms with Gasteiger partial charge in [-0.25, -0.2) is 4.79 Å². The molecule has 0 spiro atoms. The zero-order valence-corrected chi connectivity index (χ0v) is 18.3. The van der Waals surface area contributed by atoms with Crippen molar-refractivity contribution in [2.24, 2.45) is 0 Å². The number of hydrogen-bond acceptors (Lipinski definition) is 7. The van der Waals surface area contributed by atoms with Gasteiger partial charge in [0.1, 0.15) is 11.4 Å². The van der Waals surface area contributed by atoms with E-state index in [2.05, 4.69) is 9.80 Å². The molecule has 1 aromatic heterocycles. The minimum atomic E-state index is -0.738. The molecule has 0 amide bonds. The highest BCUT2D eigenvalue weighted by Gasteiger charge is 2.20. The maximum atomic E-state index is 12.0. The Labute approximate surface area is 178 Å². The summed E-state index contributed by atoms with van der Waals surface area (Å²) in [6, 6.07) is 9.61. The highest BCUT2D eigenvalue weighted by Crippen LogP contribution is 2.29. The Kier molecular flexibility index (Phi) is 7.39. The number of carbonyl (C=O) groups is 1. The third kappa shape index (κ3) is 6.78. The summed E-state index contributed by atoms with van der Waals surface area (Å²) >= 11 is 0. The van der Waals surface area contributed by atoms with Crippen molar-refractivity contribution < 1.29 is 23.4 Å². The summed E-state index contributed by atoms with van der Waals surface area (Å²) in [5.74, 6) is 1.89. The maximum absolute atomic E-state index is 12.0. The number of hydrogen-bond donors (Lipinski definition) is 0. The van der Waals surface area contributed by atoms with Crippen molar-refractivity contribution in [1.29, 1.82) is 0 Å². The van der Waals surface area contributed by atoms with Crippen molar-refractivity contribution in [3.05, 3.63) is 47.9 Å². The Bertz CT molecular complexity index is 813. The highest BCUT2D eigenvalue weighted by atomic mass is 16.7. The molecule has 1 aliphatic heterocycles. The molecule has 7 heteroatoms. The average molecular weight is 417 g/mol. The first kappa shape index (κ1) is 22.2. The van der Waals surface area contributed by atoms with Crippen molar-refractivity contribution in [2.75, 3.05) is 33.3 Å². The van der Waals surface area contributed by atoms with Gasteiger partial charge in [0.2, 0.25) is 0 Å². The van der Waals surface area contributed by atoms with E-state index in [0.29, 0.717) is 11.5 Å². The molecule has 0 radical (unpaired) electrons. The lowest BCUT2D eigenvalue weighted by molar-refractivity contribution is 0.0201. The Morgan fingerprint density at radius 1 is 1.03 bits per heavy atom. The van der Waals surface area contributed by atoms with E-state index in [9.17, 15) is 4.79 Å². The predicted molar refractivity (Wildman–Crippen MR) is 114 cm³/mol. The molecule has 164 valence electrons. The lowest BCUT2D eigenvalue weighted by Crippen LogP contribution is -2.30. The van der Waals surface area contributed by atoms with Crippen molar-refractivity contribution in [3.63, 3.8) is 0 Å². The van der Waals surface area contributed by atoms with Gasteiger partial charge in [-0.05, 0) is 70.1 Å². The van der Waals surface area contributed by atoms with Gasteiger partial charge in [0, 0.05) is 19.6 Å². The van der Waals surface area contributed by atoms with Crippen LogP contribution in [-0.4, -0.2) is 54.8 Å². The van der Waals surface area contributed by atoms with Gasteiger partial charge < -0.3 is 18.6 Å². The Morgan fingerprint density at radius 3 is 2.40 bits per heavy atom. The molecule has 1 fully saturated rings. The summed E-state index contributed by atoms with van der Waals surface area (Å²) in [6.45, 7) is 11.1. The number of rotatable bonds is 6. The third-order valence-electron chi connectivity index (χ3n) is 4.86. The summed E-state index contributed by atoms with van der Waals surface area (Å²) < 4.78 is 21.5. The second-order valence-electron chi connectivity index (χ2n) is 8.54. The molecule has 1 saturated heterocycles. The summed E-state index contributed by atoms with van der Waals surface area (Å²) in [5, 5.41) is 0. The van der Waals surface area contributed by atoms with Crippen LogP contribution in [0.15, 0.2) is 41.0 Å². The fourth-order valence-corrected chi connectivity index (χ4v) is 3.48. The molecular weight excluding hydrogens is 384 g/mol. The molecule has 7 nitrogen and oxygen atoms in total. The summed E-state index contributed by atoms with van der Waals surface area (Å²) in [4.78, 5) is 16.8. The molecule has 30 heavy (non-hydrogen) atoms. The normalized spacial score (nSPS) is 16.1. The number of furan rings is 1.